The molecule has 2 nitrogen and oxygen atoms in total. The van der Waals surface area contributed by atoms with Crippen molar-refractivity contribution in [1.82, 2.24) is 0 Å². The summed E-state index contributed by atoms with van der Waals surface area (Å²) >= 11 is 0.749. The van der Waals surface area contributed by atoms with Gasteiger partial charge in [-0.2, -0.15) is 0 Å². The fourth-order valence-electron chi connectivity index (χ4n) is 1.80. The maximum atomic E-state index is 5.90. The van der Waals surface area contributed by atoms with E-state index in [1.807, 2.05) is 0 Å². The molecule has 0 bridgehead atoms. The molecular formula is C13H17InN2S. The van der Waals surface area contributed by atoms with E-state index in [2.05, 4.69) is 51.8 Å². The third kappa shape index (κ3) is 3.10. The first kappa shape index (κ1) is 13.1. The number of hydrogen-bond acceptors (Lipinski definition) is 3. The summed E-state index contributed by atoms with van der Waals surface area (Å²) in [5, 5.41) is 0. The van der Waals surface area contributed by atoms with Crippen LogP contribution in [0.2, 0.25) is 0 Å². The third-order valence-electron chi connectivity index (χ3n) is 2.71. The van der Waals surface area contributed by atoms with Gasteiger partial charge in [0.2, 0.25) is 0 Å². The summed E-state index contributed by atoms with van der Waals surface area (Å²) < 4.78 is 6.69. The molecule has 0 saturated carbocycles. The summed E-state index contributed by atoms with van der Waals surface area (Å²) in [5.41, 5.74) is 7.44. The van der Waals surface area contributed by atoms with E-state index in [1.54, 1.807) is 11.8 Å². The van der Waals surface area contributed by atoms with Crippen molar-refractivity contribution in [2.75, 3.05) is 0 Å². The molecule has 17 heavy (non-hydrogen) atoms. The Morgan fingerprint density at radius 2 is 1.94 bits per heavy atom. The van der Waals surface area contributed by atoms with Crippen LogP contribution >= 0.6 is 11.8 Å². The van der Waals surface area contributed by atoms with Crippen LogP contribution in [-0.2, 0) is 5.41 Å². The van der Waals surface area contributed by atoms with Gasteiger partial charge in [0.1, 0.15) is 0 Å². The summed E-state index contributed by atoms with van der Waals surface area (Å²) in [6.07, 6.45) is 0. The molecule has 1 aliphatic rings. The van der Waals surface area contributed by atoms with E-state index in [0.717, 1.165) is 5.84 Å². The summed E-state index contributed by atoms with van der Waals surface area (Å²) in [4.78, 5) is 2.48. The fourth-order valence-corrected chi connectivity index (χ4v) is 6.84. The first-order chi connectivity index (χ1) is 7.98. The van der Waals surface area contributed by atoms with Crippen molar-refractivity contribution >= 4 is 40.8 Å². The average molecular weight is 348 g/mol. The summed E-state index contributed by atoms with van der Waals surface area (Å²) in [5.74, 6) is 0.759. The molecule has 1 aromatic rings. The Hall–Kier alpha value is -0.350. The number of nitrogens with zero attached hydrogens (tertiary/aromatic N) is 1. The van der Waals surface area contributed by atoms with E-state index < -0.39 is 23.2 Å². The Kier molecular flexibility index (Phi) is 3.93. The van der Waals surface area contributed by atoms with Gasteiger partial charge in [-0.3, -0.25) is 0 Å². The van der Waals surface area contributed by atoms with Gasteiger partial charge in [0.05, 0.1) is 0 Å². The average Bonchev–Trinajstić information content (AvgIpc) is 2.64. The second-order valence-electron chi connectivity index (χ2n) is 5.14. The molecule has 0 fully saturated rings. The molecule has 0 radical (unpaired) electrons. The van der Waals surface area contributed by atoms with E-state index in [4.69, 9.17) is 5.73 Å². The Morgan fingerprint density at radius 1 is 1.24 bits per heavy atom. The Labute approximate surface area is 119 Å². The molecule has 2 N–H and O–H groups in total. The third-order valence-corrected chi connectivity index (χ3v) is 7.90. The van der Waals surface area contributed by atoms with Gasteiger partial charge >= 0.3 is 119 Å². The second-order valence-corrected chi connectivity index (χ2v) is 9.34. The normalized spacial score (nSPS) is 15.2. The van der Waals surface area contributed by atoms with Crippen LogP contribution in [0.15, 0.2) is 40.9 Å². The molecule has 0 aliphatic carbocycles. The Balaban J connectivity index is 2.31. The van der Waals surface area contributed by atoms with Gasteiger partial charge in [0.25, 0.3) is 0 Å². The minimum absolute atomic E-state index is 0.165. The van der Waals surface area contributed by atoms with Crippen LogP contribution in [0.3, 0.4) is 0 Å². The fraction of sp³-hybridized carbons (Fsp3) is 0.308. The molecular weight excluding hydrogens is 331 g/mol. The molecule has 4 heteroatoms. The van der Waals surface area contributed by atoms with Gasteiger partial charge in [-0.1, -0.05) is 0 Å². The molecule has 1 aromatic carbocycles. The van der Waals surface area contributed by atoms with Crippen molar-refractivity contribution in [2.45, 2.75) is 31.1 Å². The standard InChI is InChI=1S/C13H16N2S.In.H/c1-9(12(14)15)16-11-8-6-5-7-10(11)13(2,3)4;;/h1,5-8H,2-4H3,(H2-,14,15);;/q-1;+1;. The van der Waals surface area contributed by atoms with Gasteiger partial charge in [-0.05, 0) is 0 Å². The molecule has 0 atom stereocenters. The van der Waals surface area contributed by atoms with Gasteiger partial charge in [0, 0.05) is 0 Å². The first-order valence-corrected chi connectivity index (χ1v) is 10.7. The zero-order chi connectivity index (χ0) is 12.5. The van der Waals surface area contributed by atoms with Crippen LogP contribution in [0.4, 0.5) is 0 Å². The number of amidine groups is 1. The summed E-state index contributed by atoms with van der Waals surface area (Å²) in [6, 6.07) is 8.57. The molecule has 1 aliphatic heterocycles. The van der Waals surface area contributed by atoms with Gasteiger partial charge < -0.3 is 0 Å². The van der Waals surface area contributed by atoms with Crippen LogP contribution in [0, 0.1) is 0 Å². The quantitative estimate of drug-likeness (QED) is 0.893. The van der Waals surface area contributed by atoms with Crippen molar-refractivity contribution in [2.24, 2.45) is 8.71 Å². The van der Waals surface area contributed by atoms with E-state index in [0.29, 0.717) is 0 Å². The molecule has 88 valence electrons. The summed E-state index contributed by atoms with van der Waals surface area (Å²) in [7, 11) is 0. The van der Waals surface area contributed by atoms with E-state index in [1.165, 1.54) is 15.4 Å². The molecule has 0 aromatic heterocycles. The van der Waals surface area contributed by atoms with E-state index >= 15 is 0 Å². The van der Waals surface area contributed by atoms with E-state index in [9.17, 15) is 0 Å². The number of hydrogen-bond donors (Lipinski definition) is 1. The van der Waals surface area contributed by atoms with Gasteiger partial charge in [-0.25, -0.2) is 0 Å². The molecule has 0 saturated heterocycles. The molecule has 0 spiro atoms. The van der Waals surface area contributed by atoms with Crippen molar-refractivity contribution in [3.05, 3.63) is 38.6 Å². The summed E-state index contributed by atoms with van der Waals surface area (Å²) in [6.45, 7) is 6.73. The van der Waals surface area contributed by atoms with E-state index in [-0.39, 0.29) is 5.41 Å². The number of thioether (sulfide) groups is 1. The predicted octanol–water partition coefficient (Wildman–Crippen LogP) is 2.64. The molecule has 0 amide bonds. The molecule has 0 unspecified atom stereocenters. The van der Waals surface area contributed by atoms with Crippen molar-refractivity contribution < 1.29 is 0 Å². The minimum atomic E-state index is -1.02. The van der Waals surface area contributed by atoms with Gasteiger partial charge in [0.15, 0.2) is 0 Å². The maximum absolute atomic E-state index is 5.90. The first-order valence-electron chi connectivity index (χ1n) is 5.76. The van der Waals surface area contributed by atoms with Crippen molar-refractivity contribution in [3.8, 4) is 0 Å². The van der Waals surface area contributed by atoms with Crippen LogP contribution in [0.1, 0.15) is 26.3 Å². The topological polar surface area (TPSA) is 38.4 Å². The second kappa shape index (κ2) is 5.11. The van der Waals surface area contributed by atoms with Crippen molar-refractivity contribution in [1.29, 1.82) is 0 Å². The Bertz CT molecular complexity index is 486. The van der Waals surface area contributed by atoms with Crippen LogP contribution in [0.5, 0.6) is 0 Å². The zero-order valence-corrected chi connectivity index (χ0v) is 15.4. The predicted molar refractivity (Wildman–Crippen MR) is 77.9 cm³/mol. The number of benzene rings is 1. The van der Waals surface area contributed by atoms with Crippen LogP contribution < -0.4 is 5.73 Å². The molecule has 2 rings (SSSR count). The van der Waals surface area contributed by atoms with Crippen LogP contribution in [0.25, 0.3) is 0 Å². The van der Waals surface area contributed by atoms with Crippen LogP contribution in [-0.4, -0.2) is 29.0 Å². The van der Waals surface area contributed by atoms with Gasteiger partial charge in [-0.15, -0.1) is 0 Å². The Morgan fingerprint density at radius 3 is 2.53 bits per heavy atom. The number of nitrogens with two attached hydrogens (primary N) is 1. The monoisotopic (exact) mass is 348 g/mol. The SMILES string of the molecule is CC(C)(C)c1ccccc1SC1=[CH][InH][N]=C1N. The zero-order valence-electron chi connectivity index (χ0n) is 10.5. The number of rotatable bonds is 2. The molecule has 1 heterocycles. The van der Waals surface area contributed by atoms with Crippen molar-refractivity contribution in [3.63, 3.8) is 0 Å².